The molecule has 2 heterocycles. The molecular weight excluding hydrogens is 502 g/mol. The fourth-order valence-corrected chi connectivity index (χ4v) is 7.95. The van der Waals surface area contributed by atoms with E-state index in [1.165, 1.54) is 24.9 Å². The van der Waals surface area contributed by atoms with E-state index in [0.717, 1.165) is 12.1 Å². The standard InChI is InChI=1S/C26H30F2N4O4S/c1-17-9-10-23(18-7-5-4-6-8-18)37(33,34)32(17)13-19-11-22(28)20(12-21(19)27)25(24-29-16-30-31-24)14-26(15-25,35-2)36-3/h4-8,11-12,16-17,23H,9-10,13-15H2,1-3H3,(H,29,30,31)/t17-,23+/m0/s1. The van der Waals surface area contributed by atoms with Crippen LogP contribution in [-0.4, -0.2) is 54.0 Å². The number of hydrogen-bond donors (Lipinski definition) is 1. The summed E-state index contributed by atoms with van der Waals surface area (Å²) in [5, 5.41) is 7.18. The highest BCUT2D eigenvalue weighted by Crippen LogP contribution is 2.56. The summed E-state index contributed by atoms with van der Waals surface area (Å²) in [5.74, 6) is -1.93. The largest absolute Gasteiger partial charge is 0.353 e. The minimum absolute atomic E-state index is 0.0258. The van der Waals surface area contributed by atoms with E-state index in [2.05, 4.69) is 15.2 Å². The molecule has 2 aliphatic rings. The van der Waals surface area contributed by atoms with Gasteiger partial charge in [0.25, 0.3) is 0 Å². The molecule has 0 spiro atoms. The molecule has 37 heavy (non-hydrogen) atoms. The van der Waals surface area contributed by atoms with Gasteiger partial charge in [0.05, 0.1) is 5.41 Å². The summed E-state index contributed by atoms with van der Waals surface area (Å²) in [7, 11) is -0.803. The maximum Gasteiger partial charge on any atom is 0.221 e. The maximum absolute atomic E-state index is 15.7. The third-order valence-electron chi connectivity index (χ3n) is 7.93. The number of H-pyrrole nitrogens is 1. The third kappa shape index (κ3) is 4.27. The molecule has 0 bridgehead atoms. The van der Waals surface area contributed by atoms with E-state index >= 15 is 8.78 Å². The Morgan fingerprint density at radius 1 is 1.08 bits per heavy atom. The lowest BCUT2D eigenvalue weighted by molar-refractivity contribution is -0.273. The number of benzene rings is 2. The number of methoxy groups -OCH3 is 2. The monoisotopic (exact) mass is 532 g/mol. The van der Waals surface area contributed by atoms with Gasteiger partial charge in [-0.05, 0) is 37.5 Å². The molecule has 1 saturated carbocycles. The summed E-state index contributed by atoms with van der Waals surface area (Å²) in [6.07, 6.45) is 2.87. The average molecular weight is 533 g/mol. The summed E-state index contributed by atoms with van der Waals surface area (Å²) in [5.41, 5.74) is -0.274. The van der Waals surface area contributed by atoms with E-state index in [1.807, 2.05) is 6.07 Å². The van der Waals surface area contributed by atoms with Crippen molar-refractivity contribution in [1.29, 1.82) is 0 Å². The molecule has 0 amide bonds. The van der Waals surface area contributed by atoms with Crippen molar-refractivity contribution < 1.29 is 26.7 Å². The van der Waals surface area contributed by atoms with E-state index in [4.69, 9.17) is 9.47 Å². The van der Waals surface area contributed by atoms with Crippen molar-refractivity contribution in [3.63, 3.8) is 0 Å². The van der Waals surface area contributed by atoms with Gasteiger partial charge in [0.2, 0.25) is 10.0 Å². The van der Waals surface area contributed by atoms with Crippen LogP contribution in [0, 0.1) is 11.6 Å². The van der Waals surface area contributed by atoms with Crippen LogP contribution >= 0.6 is 0 Å². The predicted molar refractivity (Wildman–Crippen MR) is 132 cm³/mol. The molecule has 1 N–H and O–H groups in total. The van der Waals surface area contributed by atoms with Crippen LogP contribution in [0.4, 0.5) is 8.78 Å². The van der Waals surface area contributed by atoms with Gasteiger partial charge in [0, 0.05) is 50.8 Å². The SMILES string of the molecule is COC1(OC)CC(c2nnc[nH]2)(c2cc(F)c(CN3[C@@H](C)CC[C@H](c4ccccc4)S3(=O)=O)cc2F)C1. The highest BCUT2D eigenvalue weighted by Gasteiger charge is 2.60. The van der Waals surface area contributed by atoms with E-state index in [1.54, 1.807) is 31.2 Å². The number of aromatic nitrogens is 3. The van der Waals surface area contributed by atoms with Crippen LogP contribution in [0.25, 0.3) is 0 Å². The van der Waals surface area contributed by atoms with Gasteiger partial charge >= 0.3 is 0 Å². The van der Waals surface area contributed by atoms with Gasteiger partial charge in [-0.2, -0.15) is 4.31 Å². The molecule has 0 radical (unpaired) electrons. The van der Waals surface area contributed by atoms with E-state index in [9.17, 15) is 8.42 Å². The lowest BCUT2D eigenvalue weighted by Crippen LogP contribution is -2.58. The normalized spacial score (nSPS) is 24.5. The zero-order valence-corrected chi connectivity index (χ0v) is 21.8. The molecule has 11 heteroatoms. The zero-order chi connectivity index (χ0) is 26.4. The molecule has 1 saturated heterocycles. The van der Waals surface area contributed by atoms with Crippen LogP contribution in [0.15, 0.2) is 48.8 Å². The highest BCUT2D eigenvalue weighted by atomic mass is 32.2. The van der Waals surface area contributed by atoms with Crippen LogP contribution in [0.5, 0.6) is 0 Å². The molecule has 2 atom stereocenters. The Morgan fingerprint density at radius 3 is 2.41 bits per heavy atom. The van der Waals surface area contributed by atoms with Gasteiger partial charge in [-0.3, -0.25) is 0 Å². The number of rotatable bonds is 7. The first-order valence-electron chi connectivity index (χ1n) is 12.2. The van der Waals surface area contributed by atoms with Gasteiger partial charge in [0.1, 0.15) is 29.0 Å². The molecule has 3 aromatic rings. The second kappa shape index (κ2) is 9.54. The third-order valence-corrected chi connectivity index (χ3v) is 10.3. The molecule has 1 aromatic heterocycles. The Labute approximate surface area is 215 Å². The van der Waals surface area contributed by atoms with Gasteiger partial charge < -0.3 is 14.5 Å². The van der Waals surface area contributed by atoms with Gasteiger partial charge in [-0.1, -0.05) is 30.3 Å². The second-order valence-corrected chi connectivity index (χ2v) is 12.0. The molecule has 5 rings (SSSR count). The van der Waals surface area contributed by atoms with Crippen LogP contribution in [-0.2, 0) is 31.5 Å². The molecule has 2 aromatic carbocycles. The summed E-state index contributed by atoms with van der Waals surface area (Å²) in [4.78, 5) is 2.92. The average Bonchev–Trinajstić information content (AvgIpc) is 3.40. The Kier molecular flexibility index (Phi) is 6.68. The van der Waals surface area contributed by atoms with Crippen LogP contribution in [0.1, 0.15) is 60.4 Å². The maximum atomic E-state index is 15.7. The predicted octanol–water partition coefficient (Wildman–Crippen LogP) is 4.21. The van der Waals surface area contributed by atoms with Crippen LogP contribution in [0.2, 0.25) is 0 Å². The van der Waals surface area contributed by atoms with Crippen molar-refractivity contribution in [2.24, 2.45) is 0 Å². The minimum Gasteiger partial charge on any atom is -0.353 e. The topological polar surface area (TPSA) is 97.4 Å². The highest BCUT2D eigenvalue weighted by molar-refractivity contribution is 7.89. The molecule has 2 fully saturated rings. The number of nitrogens with one attached hydrogen (secondary N) is 1. The first-order chi connectivity index (χ1) is 17.7. The Bertz CT molecular complexity index is 1360. The number of halogens is 2. The first-order valence-corrected chi connectivity index (χ1v) is 13.7. The molecular formula is C26H30F2N4O4S. The Hall–Kier alpha value is -2.73. The summed E-state index contributed by atoms with van der Waals surface area (Å²) < 4.78 is 70.7. The van der Waals surface area contributed by atoms with E-state index in [-0.39, 0.29) is 36.6 Å². The van der Waals surface area contributed by atoms with Crippen molar-refractivity contribution in [1.82, 2.24) is 19.5 Å². The Balaban J connectivity index is 1.48. The van der Waals surface area contributed by atoms with Crippen molar-refractivity contribution in [2.45, 2.75) is 61.6 Å². The fraction of sp³-hybridized carbons (Fsp3) is 0.462. The molecule has 1 aliphatic carbocycles. The second-order valence-electron chi connectivity index (χ2n) is 9.93. The van der Waals surface area contributed by atoms with Gasteiger partial charge in [-0.25, -0.2) is 17.2 Å². The molecule has 198 valence electrons. The fourth-order valence-electron chi connectivity index (χ4n) is 5.76. The van der Waals surface area contributed by atoms with Crippen LogP contribution in [0.3, 0.4) is 0 Å². The number of sulfonamides is 1. The van der Waals surface area contributed by atoms with E-state index in [0.29, 0.717) is 24.2 Å². The number of nitrogens with zero attached hydrogens (tertiary/aromatic N) is 3. The van der Waals surface area contributed by atoms with Gasteiger partial charge in [-0.15, -0.1) is 10.2 Å². The zero-order valence-electron chi connectivity index (χ0n) is 20.9. The van der Waals surface area contributed by atoms with Crippen molar-refractivity contribution in [2.75, 3.05) is 14.2 Å². The quantitative estimate of drug-likeness (QED) is 0.458. The van der Waals surface area contributed by atoms with Crippen molar-refractivity contribution in [3.05, 3.63) is 82.9 Å². The lowest BCUT2D eigenvalue weighted by Gasteiger charge is -2.53. The van der Waals surface area contributed by atoms with E-state index < -0.39 is 38.1 Å². The molecule has 8 nitrogen and oxygen atoms in total. The lowest BCUT2D eigenvalue weighted by atomic mass is 9.59. The first kappa shape index (κ1) is 25.9. The van der Waals surface area contributed by atoms with Crippen molar-refractivity contribution in [3.8, 4) is 0 Å². The summed E-state index contributed by atoms with van der Waals surface area (Å²) >= 11 is 0. The Morgan fingerprint density at radius 2 is 1.78 bits per heavy atom. The van der Waals surface area contributed by atoms with Crippen LogP contribution < -0.4 is 0 Å². The number of aromatic amines is 1. The van der Waals surface area contributed by atoms with Gasteiger partial charge in [0.15, 0.2) is 5.79 Å². The smallest absolute Gasteiger partial charge is 0.221 e. The minimum atomic E-state index is -3.80. The summed E-state index contributed by atoms with van der Waals surface area (Å²) in [6, 6.07) is 10.9. The number of ether oxygens (including phenoxy) is 2. The van der Waals surface area contributed by atoms with Crippen molar-refractivity contribution >= 4 is 10.0 Å². The molecule has 1 aliphatic heterocycles. The molecule has 0 unspecified atom stereocenters. The number of hydrogen-bond acceptors (Lipinski definition) is 6. The summed E-state index contributed by atoms with van der Waals surface area (Å²) in [6.45, 7) is 1.54.